The van der Waals surface area contributed by atoms with Crippen molar-refractivity contribution in [1.82, 2.24) is 30.4 Å². The molecule has 1 N–H and O–H groups in total. The molecule has 14 heteroatoms. The molecular weight excluding hydrogens is 620 g/mol. The Morgan fingerprint density at radius 2 is 1.82 bits per heavy atom. The number of tetrazole rings is 1. The van der Waals surface area contributed by atoms with E-state index in [0.29, 0.717) is 22.2 Å². The van der Waals surface area contributed by atoms with E-state index in [2.05, 4.69) is 36.8 Å². The minimum atomic E-state index is -1.59. The molecule has 1 fully saturated rings. The van der Waals surface area contributed by atoms with Gasteiger partial charge in [0.25, 0.3) is 11.6 Å². The molecule has 3 heterocycles. The number of amides is 2. The van der Waals surface area contributed by atoms with Crippen LogP contribution < -0.4 is 5.32 Å². The van der Waals surface area contributed by atoms with Gasteiger partial charge in [-0.25, -0.2) is 9.48 Å². The van der Waals surface area contributed by atoms with E-state index in [1.165, 1.54) is 40.2 Å². The molecule has 40 heavy (non-hydrogen) atoms. The number of carbonyl (C=O) groups excluding carboxylic acids is 3. The lowest BCUT2D eigenvalue weighted by Gasteiger charge is -2.56. The minimum Gasteiger partial charge on any atom is -0.448 e. The first-order valence-electron chi connectivity index (χ1n) is 12.1. The Hall–Kier alpha value is -3.20. The quantitative estimate of drug-likeness (QED) is 0.116. The molecule has 2 aromatic carbocycles. The molecule has 1 aromatic heterocycles. The van der Waals surface area contributed by atoms with Crippen molar-refractivity contribution in [3.8, 4) is 0 Å². The molecule has 5 rings (SSSR count). The minimum absolute atomic E-state index is 0.00300. The van der Waals surface area contributed by atoms with Crippen LogP contribution in [0.1, 0.15) is 17.2 Å². The van der Waals surface area contributed by atoms with Crippen LogP contribution in [0.25, 0.3) is 0 Å². The highest BCUT2D eigenvalue weighted by atomic mass is 79.9. The van der Waals surface area contributed by atoms with Crippen molar-refractivity contribution in [1.29, 1.82) is 0 Å². The van der Waals surface area contributed by atoms with Crippen LogP contribution in [0.2, 0.25) is 0 Å². The molecule has 2 unspecified atom stereocenters. The van der Waals surface area contributed by atoms with Gasteiger partial charge in [-0.1, -0.05) is 88.4 Å². The van der Waals surface area contributed by atoms with Gasteiger partial charge in [0.15, 0.2) is 6.10 Å². The molecule has 2 aliphatic heterocycles. The number of benzene rings is 2. The molecule has 2 amide bonds. The fourth-order valence-electron chi connectivity index (χ4n) is 4.53. The number of thioether (sulfide) groups is 2. The zero-order chi connectivity index (χ0) is 28.3. The number of β-lactam (4-membered cyclic amide) rings is 1. The average Bonchev–Trinajstić information content (AvgIpc) is 3.41. The Balaban J connectivity index is 1.51. The number of halogens is 1. The summed E-state index contributed by atoms with van der Waals surface area (Å²) in [6.45, 7) is 0. The maximum Gasteiger partial charge on any atom is 0.356 e. The highest BCUT2D eigenvalue weighted by Gasteiger charge is 2.66. The van der Waals surface area contributed by atoms with Crippen molar-refractivity contribution >= 4 is 57.2 Å². The van der Waals surface area contributed by atoms with Gasteiger partial charge >= 0.3 is 5.97 Å². The standard InChI is InChI=1S/C26H25BrN6O5S2/c1-32-25(29-30-31-32)40-15-18-14-39-24-26(37-2,28-19(34)13-27)23(36)33(24)20(18)22(35)38-21(16-9-5-3-6-10-16)17-11-7-4-8-12-17/h3-12,21,24H,13-15H2,1-2H3,(H,28,34). The van der Waals surface area contributed by atoms with Gasteiger partial charge in [-0.3, -0.25) is 14.5 Å². The number of aryl methyl sites for hydroxylation is 1. The lowest BCUT2D eigenvalue weighted by molar-refractivity contribution is -0.192. The van der Waals surface area contributed by atoms with Crippen molar-refractivity contribution in [2.75, 3.05) is 23.9 Å². The van der Waals surface area contributed by atoms with Crippen LogP contribution in [-0.4, -0.2) is 77.9 Å². The van der Waals surface area contributed by atoms with Crippen LogP contribution in [0.5, 0.6) is 0 Å². The van der Waals surface area contributed by atoms with Crippen molar-refractivity contribution in [3.63, 3.8) is 0 Å². The smallest absolute Gasteiger partial charge is 0.356 e. The van der Waals surface area contributed by atoms with E-state index >= 15 is 0 Å². The van der Waals surface area contributed by atoms with E-state index < -0.39 is 35.0 Å². The third kappa shape index (κ3) is 5.28. The van der Waals surface area contributed by atoms with Gasteiger partial charge in [0, 0.05) is 25.7 Å². The van der Waals surface area contributed by atoms with Crippen molar-refractivity contribution in [3.05, 3.63) is 83.1 Å². The maximum absolute atomic E-state index is 14.0. The number of nitrogens with one attached hydrogen (secondary N) is 1. The molecule has 208 valence electrons. The third-order valence-electron chi connectivity index (χ3n) is 6.46. The van der Waals surface area contributed by atoms with Gasteiger partial charge in [-0.05, 0) is 27.1 Å². The molecule has 1 saturated heterocycles. The number of rotatable bonds is 10. The summed E-state index contributed by atoms with van der Waals surface area (Å²) in [7, 11) is 3.08. The van der Waals surface area contributed by atoms with Crippen LogP contribution in [0.15, 0.2) is 77.1 Å². The van der Waals surface area contributed by atoms with Crippen LogP contribution in [-0.2, 0) is 30.9 Å². The second-order valence-electron chi connectivity index (χ2n) is 8.89. The number of alkyl halides is 1. The topological polar surface area (TPSA) is 129 Å². The zero-order valence-corrected chi connectivity index (χ0v) is 24.7. The second kappa shape index (κ2) is 12.1. The van der Waals surface area contributed by atoms with Crippen LogP contribution in [0, 0.1) is 0 Å². The van der Waals surface area contributed by atoms with Gasteiger partial charge in [-0.15, -0.1) is 16.9 Å². The normalized spacial score (nSPS) is 20.2. The van der Waals surface area contributed by atoms with E-state index in [0.717, 1.165) is 11.1 Å². The van der Waals surface area contributed by atoms with Gasteiger partial charge in [-0.2, -0.15) is 0 Å². The number of hydrogen-bond donors (Lipinski definition) is 1. The second-order valence-corrected chi connectivity index (χ2v) is 11.5. The van der Waals surface area contributed by atoms with Gasteiger partial charge < -0.3 is 14.8 Å². The number of hydrogen-bond acceptors (Lipinski definition) is 10. The average molecular weight is 646 g/mol. The lowest BCUT2D eigenvalue weighted by atomic mass is 9.98. The van der Waals surface area contributed by atoms with Crippen LogP contribution in [0.4, 0.5) is 0 Å². The third-order valence-corrected chi connectivity index (χ3v) is 9.44. The lowest BCUT2D eigenvalue weighted by Crippen LogP contribution is -2.80. The first kappa shape index (κ1) is 28.3. The summed E-state index contributed by atoms with van der Waals surface area (Å²) in [4.78, 5) is 41.3. The summed E-state index contributed by atoms with van der Waals surface area (Å²) in [5, 5.41) is 14.1. The molecule has 0 bridgehead atoms. The molecular formula is C26H25BrN6O5S2. The Morgan fingerprint density at radius 3 is 2.38 bits per heavy atom. The van der Waals surface area contributed by atoms with Crippen LogP contribution in [0.3, 0.4) is 0 Å². The van der Waals surface area contributed by atoms with Gasteiger partial charge in [0.2, 0.25) is 11.1 Å². The zero-order valence-electron chi connectivity index (χ0n) is 21.5. The summed E-state index contributed by atoms with van der Waals surface area (Å²) in [6, 6.07) is 18.8. The molecule has 0 spiro atoms. The first-order valence-corrected chi connectivity index (χ1v) is 15.3. The SMILES string of the molecule is COC1(NC(=O)CBr)C(=O)N2C(C(=O)OC(c3ccccc3)c3ccccc3)=C(CSc3nnnn3C)CSC21. The Kier molecular flexibility index (Phi) is 8.59. The summed E-state index contributed by atoms with van der Waals surface area (Å²) in [5.74, 6) is -0.870. The number of aromatic nitrogens is 4. The molecule has 0 radical (unpaired) electrons. The molecule has 2 atom stereocenters. The van der Waals surface area contributed by atoms with E-state index in [4.69, 9.17) is 9.47 Å². The fraction of sp³-hybridized carbons (Fsp3) is 0.308. The van der Waals surface area contributed by atoms with Crippen molar-refractivity contribution < 1.29 is 23.9 Å². The van der Waals surface area contributed by atoms with E-state index in [9.17, 15) is 14.4 Å². The molecule has 0 aliphatic carbocycles. The summed E-state index contributed by atoms with van der Waals surface area (Å²) in [6.07, 6.45) is -0.705. The monoisotopic (exact) mass is 644 g/mol. The Morgan fingerprint density at radius 1 is 1.18 bits per heavy atom. The molecule has 3 aromatic rings. The number of fused-ring (bicyclic) bond motifs is 1. The summed E-state index contributed by atoms with van der Waals surface area (Å²) in [5.41, 5.74) is 0.802. The fourth-order valence-corrected chi connectivity index (χ4v) is 7.09. The Bertz CT molecular complexity index is 1400. The van der Waals surface area contributed by atoms with E-state index in [1.807, 2.05) is 60.7 Å². The highest BCUT2D eigenvalue weighted by Crippen LogP contribution is 2.48. The molecule has 11 nitrogen and oxygen atoms in total. The maximum atomic E-state index is 14.0. The van der Waals surface area contributed by atoms with Crippen molar-refractivity contribution in [2.24, 2.45) is 7.05 Å². The molecule has 0 saturated carbocycles. The van der Waals surface area contributed by atoms with E-state index in [-0.39, 0.29) is 11.0 Å². The predicted octanol–water partition coefficient (Wildman–Crippen LogP) is 2.66. The number of ether oxygens (including phenoxy) is 2. The largest absolute Gasteiger partial charge is 0.448 e. The van der Waals surface area contributed by atoms with Crippen LogP contribution >= 0.6 is 39.5 Å². The summed E-state index contributed by atoms with van der Waals surface area (Å²) >= 11 is 5.86. The number of methoxy groups -OCH3 is 1. The number of esters is 1. The predicted molar refractivity (Wildman–Crippen MR) is 152 cm³/mol. The van der Waals surface area contributed by atoms with Crippen molar-refractivity contribution in [2.45, 2.75) is 22.4 Å². The van der Waals surface area contributed by atoms with Gasteiger partial charge in [0.05, 0.1) is 5.33 Å². The number of carbonyl (C=O) groups is 3. The summed E-state index contributed by atoms with van der Waals surface area (Å²) < 4.78 is 13.3. The van der Waals surface area contributed by atoms with E-state index in [1.54, 1.807) is 7.05 Å². The molecule has 2 aliphatic rings. The Labute approximate surface area is 247 Å². The van der Waals surface area contributed by atoms with Gasteiger partial charge in [0.1, 0.15) is 11.1 Å². The first-order chi connectivity index (χ1) is 19.4. The highest BCUT2D eigenvalue weighted by molar-refractivity contribution is 9.09. The number of nitrogens with zero attached hydrogens (tertiary/aromatic N) is 5.